The van der Waals surface area contributed by atoms with Crippen LogP contribution in [0.1, 0.15) is 32.6 Å². The summed E-state index contributed by atoms with van der Waals surface area (Å²) in [6.45, 7) is 1.98. The molecule has 2 N–H and O–H groups in total. The molecule has 4 nitrogen and oxygen atoms in total. The number of nitrogens with zero attached hydrogens (tertiary/aromatic N) is 1. The summed E-state index contributed by atoms with van der Waals surface area (Å²) in [4.78, 5) is 16.2. The Morgan fingerprint density at radius 2 is 2.07 bits per heavy atom. The molecule has 0 radical (unpaired) electrons. The minimum atomic E-state index is -0.381. The highest BCUT2D eigenvalue weighted by molar-refractivity contribution is 6.09. The maximum atomic E-state index is 11.7. The van der Waals surface area contributed by atoms with Crippen molar-refractivity contribution < 1.29 is 4.79 Å². The predicted molar refractivity (Wildman–Crippen MR) is 52.9 cm³/mol. The summed E-state index contributed by atoms with van der Waals surface area (Å²) in [6.07, 6.45) is 4.66. The highest BCUT2D eigenvalue weighted by Crippen LogP contribution is 2.41. The molecule has 1 amide bonds. The molecule has 3 rings (SSSR count). The molecule has 14 heavy (non-hydrogen) atoms. The monoisotopic (exact) mass is 193 g/mol. The van der Waals surface area contributed by atoms with Gasteiger partial charge in [0, 0.05) is 0 Å². The lowest BCUT2D eigenvalue weighted by atomic mass is 9.97. The third-order valence-electron chi connectivity index (χ3n) is 3.33. The van der Waals surface area contributed by atoms with Gasteiger partial charge in [-0.2, -0.15) is 0 Å². The van der Waals surface area contributed by atoms with Crippen molar-refractivity contribution >= 4 is 11.9 Å². The second-order valence-corrected chi connectivity index (χ2v) is 4.76. The molecule has 3 fully saturated rings. The van der Waals surface area contributed by atoms with Crippen molar-refractivity contribution in [2.24, 2.45) is 10.9 Å². The first-order valence-electron chi connectivity index (χ1n) is 5.36. The van der Waals surface area contributed by atoms with Crippen LogP contribution in [0.4, 0.5) is 0 Å². The summed E-state index contributed by atoms with van der Waals surface area (Å²) in [5.41, 5.74) is -0.381. The number of carbonyl (C=O) groups is 1. The van der Waals surface area contributed by atoms with Gasteiger partial charge < -0.3 is 5.32 Å². The van der Waals surface area contributed by atoms with Crippen LogP contribution in [-0.2, 0) is 4.79 Å². The first-order valence-corrected chi connectivity index (χ1v) is 5.36. The van der Waals surface area contributed by atoms with E-state index in [4.69, 9.17) is 0 Å². The lowest BCUT2D eigenvalue weighted by Gasteiger charge is -2.19. The number of rotatable bonds is 2. The Morgan fingerprint density at radius 3 is 2.64 bits per heavy atom. The molecular formula is C10H15N3O. The highest BCUT2D eigenvalue weighted by Gasteiger charge is 2.51. The van der Waals surface area contributed by atoms with Crippen molar-refractivity contribution in [1.29, 1.82) is 0 Å². The summed E-state index contributed by atoms with van der Waals surface area (Å²) in [5, 5.41) is 6.08. The molecule has 1 saturated heterocycles. The van der Waals surface area contributed by atoms with Crippen LogP contribution in [0.25, 0.3) is 0 Å². The van der Waals surface area contributed by atoms with Gasteiger partial charge >= 0.3 is 0 Å². The van der Waals surface area contributed by atoms with E-state index in [1.807, 2.05) is 6.92 Å². The van der Waals surface area contributed by atoms with Gasteiger partial charge in [-0.15, -0.1) is 0 Å². The average Bonchev–Trinajstić information content (AvgIpc) is 2.98. The Labute approximate surface area is 83.2 Å². The second-order valence-electron chi connectivity index (χ2n) is 4.76. The fraction of sp³-hybridized carbons (Fsp3) is 0.800. The van der Waals surface area contributed by atoms with Crippen molar-refractivity contribution in [2.45, 2.75) is 44.2 Å². The smallest absolute Gasteiger partial charge is 0.252 e. The molecule has 1 heterocycles. The maximum Gasteiger partial charge on any atom is 0.252 e. The van der Waals surface area contributed by atoms with Crippen LogP contribution in [0.5, 0.6) is 0 Å². The van der Waals surface area contributed by atoms with Gasteiger partial charge in [0.1, 0.15) is 5.54 Å². The van der Waals surface area contributed by atoms with Crippen LogP contribution in [-0.4, -0.2) is 23.4 Å². The molecule has 1 unspecified atom stereocenters. The molecule has 0 spiro atoms. The molecule has 2 saturated carbocycles. The van der Waals surface area contributed by atoms with Crippen molar-refractivity contribution in [3.63, 3.8) is 0 Å². The zero-order valence-corrected chi connectivity index (χ0v) is 8.34. The number of hydrogen-bond acceptors (Lipinski definition) is 2. The van der Waals surface area contributed by atoms with Crippen molar-refractivity contribution in [3.05, 3.63) is 0 Å². The van der Waals surface area contributed by atoms with Crippen LogP contribution >= 0.6 is 0 Å². The number of carbonyl (C=O) groups excluding carboxylic acids is 1. The molecule has 3 aliphatic rings. The quantitative estimate of drug-likeness (QED) is 0.666. The standard InChI is InChI=1S/C10H15N3O/c1-10(6-2-3-6)8(14)12-9(13-10)11-7-4-5-7/h6-7H,2-5H2,1H3,(H2,11,12,13,14). The Balaban J connectivity index is 1.79. The van der Waals surface area contributed by atoms with E-state index < -0.39 is 0 Å². The van der Waals surface area contributed by atoms with Crippen LogP contribution in [0.3, 0.4) is 0 Å². The van der Waals surface area contributed by atoms with E-state index >= 15 is 0 Å². The van der Waals surface area contributed by atoms with Gasteiger partial charge in [-0.1, -0.05) is 0 Å². The van der Waals surface area contributed by atoms with Gasteiger partial charge in [-0.05, 0) is 38.5 Å². The molecular weight excluding hydrogens is 178 g/mol. The molecule has 0 bridgehead atoms. The molecule has 1 atom stereocenters. The molecule has 2 aliphatic carbocycles. The SMILES string of the molecule is CC1(C2CC2)NC(=NC2CC2)NC1=O. The van der Waals surface area contributed by atoms with Gasteiger partial charge in [0.25, 0.3) is 5.91 Å². The maximum absolute atomic E-state index is 11.7. The first kappa shape index (κ1) is 8.26. The zero-order valence-electron chi connectivity index (χ0n) is 8.34. The van der Waals surface area contributed by atoms with Gasteiger partial charge in [0.05, 0.1) is 6.04 Å². The Bertz CT molecular complexity index is 317. The number of guanidine groups is 1. The van der Waals surface area contributed by atoms with Crippen LogP contribution < -0.4 is 10.6 Å². The third-order valence-corrected chi connectivity index (χ3v) is 3.33. The molecule has 0 aromatic carbocycles. The minimum Gasteiger partial charge on any atom is -0.342 e. The lowest BCUT2D eigenvalue weighted by Crippen LogP contribution is -2.45. The lowest BCUT2D eigenvalue weighted by molar-refractivity contribution is -0.124. The van der Waals surface area contributed by atoms with E-state index in [1.165, 1.54) is 12.8 Å². The zero-order chi connectivity index (χ0) is 9.76. The highest BCUT2D eigenvalue weighted by atomic mass is 16.2. The largest absolute Gasteiger partial charge is 0.342 e. The summed E-state index contributed by atoms with van der Waals surface area (Å²) in [6, 6.07) is 0.458. The third kappa shape index (κ3) is 1.21. The molecule has 0 aromatic rings. The van der Waals surface area contributed by atoms with E-state index in [9.17, 15) is 4.79 Å². The summed E-state index contributed by atoms with van der Waals surface area (Å²) in [7, 11) is 0. The van der Waals surface area contributed by atoms with E-state index in [0.717, 1.165) is 12.8 Å². The number of hydrogen-bond donors (Lipinski definition) is 2. The molecule has 4 heteroatoms. The Hall–Kier alpha value is -1.06. The van der Waals surface area contributed by atoms with Crippen molar-refractivity contribution in [1.82, 2.24) is 10.6 Å². The van der Waals surface area contributed by atoms with Gasteiger partial charge in [-0.3, -0.25) is 10.1 Å². The number of nitrogens with one attached hydrogen (secondary N) is 2. The van der Waals surface area contributed by atoms with E-state index in [-0.39, 0.29) is 11.4 Å². The summed E-state index contributed by atoms with van der Waals surface area (Å²) < 4.78 is 0. The van der Waals surface area contributed by atoms with E-state index in [2.05, 4.69) is 15.6 Å². The van der Waals surface area contributed by atoms with Gasteiger partial charge in [0.15, 0.2) is 5.96 Å². The average molecular weight is 193 g/mol. The fourth-order valence-electron chi connectivity index (χ4n) is 1.97. The number of aliphatic imine (C=N–C) groups is 1. The van der Waals surface area contributed by atoms with E-state index in [0.29, 0.717) is 17.9 Å². The van der Waals surface area contributed by atoms with Gasteiger partial charge in [-0.25, -0.2) is 4.99 Å². The molecule has 0 aromatic heterocycles. The second kappa shape index (κ2) is 2.49. The summed E-state index contributed by atoms with van der Waals surface area (Å²) in [5.74, 6) is 1.31. The number of amides is 1. The van der Waals surface area contributed by atoms with Crippen LogP contribution in [0.2, 0.25) is 0 Å². The van der Waals surface area contributed by atoms with Crippen molar-refractivity contribution in [2.75, 3.05) is 0 Å². The summed E-state index contributed by atoms with van der Waals surface area (Å²) >= 11 is 0. The van der Waals surface area contributed by atoms with Crippen molar-refractivity contribution in [3.8, 4) is 0 Å². The topological polar surface area (TPSA) is 53.5 Å². The molecule has 1 aliphatic heterocycles. The van der Waals surface area contributed by atoms with Crippen LogP contribution in [0.15, 0.2) is 4.99 Å². The minimum absolute atomic E-state index is 0.0967. The Kier molecular flexibility index (Phi) is 1.47. The first-order chi connectivity index (χ1) is 6.68. The fourth-order valence-corrected chi connectivity index (χ4v) is 1.97. The van der Waals surface area contributed by atoms with E-state index in [1.54, 1.807) is 0 Å². The Morgan fingerprint density at radius 1 is 1.36 bits per heavy atom. The normalized spacial score (nSPS) is 39.8. The molecule has 76 valence electrons. The van der Waals surface area contributed by atoms with Gasteiger partial charge in [0.2, 0.25) is 0 Å². The van der Waals surface area contributed by atoms with Crippen LogP contribution in [0, 0.1) is 5.92 Å². The predicted octanol–water partition coefficient (Wildman–Crippen LogP) is 0.393.